The Morgan fingerprint density at radius 3 is 2.83 bits per heavy atom. The van der Waals surface area contributed by atoms with E-state index in [0.717, 1.165) is 6.20 Å². The molecule has 12 heavy (non-hydrogen) atoms. The number of hydrogen-bond donors (Lipinski definition) is 2. The lowest BCUT2D eigenvalue weighted by atomic mass is 10.3. The summed E-state index contributed by atoms with van der Waals surface area (Å²) >= 11 is 0. The van der Waals surface area contributed by atoms with Crippen LogP contribution in [-0.4, -0.2) is 23.1 Å². The molecule has 1 unspecified atom stereocenters. The van der Waals surface area contributed by atoms with Crippen LogP contribution in [0.3, 0.4) is 0 Å². The number of carbonyl (C=O) groups is 1. The van der Waals surface area contributed by atoms with Gasteiger partial charge in [-0.1, -0.05) is 0 Å². The van der Waals surface area contributed by atoms with Gasteiger partial charge in [0.05, 0.1) is 0 Å². The van der Waals surface area contributed by atoms with Crippen molar-refractivity contribution in [1.29, 1.82) is 0 Å². The van der Waals surface area contributed by atoms with E-state index in [9.17, 15) is 9.18 Å². The summed E-state index contributed by atoms with van der Waals surface area (Å²) in [6.45, 7) is 3.58. The number of carbonyl (C=O) groups excluding carboxylic acids is 1. The highest BCUT2D eigenvalue weighted by atomic mass is 19.1. The van der Waals surface area contributed by atoms with E-state index in [0.29, 0.717) is 0 Å². The zero-order valence-corrected chi connectivity index (χ0v) is 7.04. The maximum absolute atomic E-state index is 12.8. The van der Waals surface area contributed by atoms with E-state index in [1.807, 2.05) is 0 Å². The van der Waals surface area contributed by atoms with Crippen LogP contribution in [0.25, 0.3) is 0 Å². The molecule has 0 fully saturated rings. The van der Waals surface area contributed by atoms with Gasteiger partial charge < -0.3 is 11.1 Å². The summed E-state index contributed by atoms with van der Waals surface area (Å²) in [5, 5.41) is 2.28. The van der Waals surface area contributed by atoms with E-state index in [-0.39, 0.29) is 12.1 Å². The predicted octanol–water partition coefficient (Wildman–Crippen LogP) is 0.516. The van der Waals surface area contributed by atoms with Gasteiger partial charge in [0.25, 0.3) is 0 Å². The Morgan fingerprint density at radius 1 is 1.75 bits per heavy atom. The van der Waals surface area contributed by atoms with Crippen molar-refractivity contribution in [3.63, 3.8) is 0 Å². The molecule has 0 spiro atoms. The molecule has 1 heterocycles. The molecule has 0 bridgehead atoms. The molecule has 0 radical (unpaired) electrons. The molecular weight excluding hydrogens is 161 g/mol. The third kappa shape index (κ3) is 1.55. The van der Waals surface area contributed by atoms with Crippen molar-refractivity contribution in [1.82, 2.24) is 10.2 Å². The fourth-order valence-corrected chi connectivity index (χ4v) is 0.932. The molecule has 1 aliphatic heterocycles. The van der Waals surface area contributed by atoms with Crippen molar-refractivity contribution in [2.24, 2.45) is 5.73 Å². The molecule has 5 heteroatoms. The van der Waals surface area contributed by atoms with E-state index in [4.69, 9.17) is 5.73 Å². The number of halogens is 1. The molecule has 1 aliphatic rings. The Morgan fingerprint density at radius 2 is 2.33 bits per heavy atom. The van der Waals surface area contributed by atoms with E-state index < -0.39 is 12.0 Å². The van der Waals surface area contributed by atoms with Gasteiger partial charge in [-0.2, -0.15) is 0 Å². The third-order valence-electron chi connectivity index (χ3n) is 1.63. The number of rotatable bonds is 1. The van der Waals surface area contributed by atoms with Gasteiger partial charge in [-0.25, -0.2) is 9.18 Å². The second-order valence-corrected chi connectivity index (χ2v) is 2.94. The van der Waals surface area contributed by atoms with Crippen molar-refractivity contribution >= 4 is 6.03 Å². The zero-order valence-electron chi connectivity index (χ0n) is 7.04. The minimum Gasteiger partial charge on any atom is -0.316 e. The van der Waals surface area contributed by atoms with Crippen molar-refractivity contribution in [3.8, 4) is 0 Å². The maximum Gasteiger partial charge on any atom is 0.323 e. The zero-order chi connectivity index (χ0) is 9.30. The molecular formula is C7H12FN3O. The molecule has 1 rings (SSSR count). The average Bonchev–Trinajstić information content (AvgIpc) is 1.96. The second-order valence-electron chi connectivity index (χ2n) is 2.94. The van der Waals surface area contributed by atoms with Crippen molar-refractivity contribution in [3.05, 3.63) is 12.0 Å². The summed E-state index contributed by atoms with van der Waals surface area (Å²) < 4.78 is 12.8. The molecule has 0 aromatic rings. The Bertz CT molecular complexity index is 227. The number of nitrogens with two attached hydrogens (primary N) is 1. The molecule has 2 amide bonds. The Balaban J connectivity index is 2.83. The lowest BCUT2D eigenvalue weighted by molar-refractivity contribution is 0.193. The van der Waals surface area contributed by atoms with Gasteiger partial charge in [0, 0.05) is 12.2 Å². The number of nitrogens with zero attached hydrogens (tertiary/aromatic N) is 1. The van der Waals surface area contributed by atoms with Crippen molar-refractivity contribution < 1.29 is 9.18 Å². The number of urea groups is 1. The van der Waals surface area contributed by atoms with Gasteiger partial charge in [-0.3, -0.25) is 4.90 Å². The van der Waals surface area contributed by atoms with Crippen LogP contribution in [0.1, 0.15) is 13.8 Å². The highest BCUT2D eigenvalue weighted by molar-refractivity contribution is 5.77. The summed E-state index contributed by atoms with van der Waals surface area (Å²) in [5.74, 6) is -0.525. The summed E-state index contributed by atoms with van der Waals surface area (Å²) in [7, 11) is 0. The first kappa shape index (κ1) is 8.99. The molecule has 3 N–H and O–H groups in total. The fraction of sp³-hybridized carbons (Fsp3) is 0.571. The van der Waals surface area contributed by atoms with Crippen LogP contribution in [0.2, 0.25) is 0 Å². The van der Waals surface area contributed by atoms with E-state index in [1.54, 1.807) is 13.8 Å². The van der Waals surface area contributed by atoms with Crippen LogP contribution in [0, 0.1) is 0 Å². The van der Waals surface area contributed by atoms with Crippen molar-refractivity contribution in [2.75, 3.05) is 0 Å². The number of amides is 2. The summed E-state index contributed by atoms with van der Waals surface area (Å²) in [6.07, 6.45) is 0.140. The summed E-state index contributed by atoms with van der Waals surface area (Å²) in [5.41, 5.74) is 5.23. The largest absolute Gasteiger partial charge is 0.323 e. The normalized spacial score (nSPS) is 24.1. The van der Waals surface area contributed by atoms with Crippen LogP contribution in [0.4, 0.5) is 9.18 Å². The van der Waals surface area contributed by atoms with Crippen molar-refractivity contribution in [2.45, 2.75) is 26.1 Å². The Labute approximate surface area is 70.2 Å². The Hall–Kier alpha value is -1.10. The third-order valence-corrected chi connectivity index (χ3v) is 1.63. The molecule has 0 aliphatic carbocycles. The SMILES string of the molecule is CC(C)N1C=C(F)C(N)NC1=O. The van der Waals surface area contributed by atoms with Crippen LogP contribution < -0.4 is 11.1 Å². The maximum atomic E-state index is 12.8. The van der Waals surface area contributed by atoms with Crippen LogP contribution in [0.5, 0.6) is 0 Å². The number of nitrogens with one attached hydrogen (secondary N) is 1. The first-order valence-electron chi connectivity index (χ1n) is 3.74. The monoisotopic (exact) mass is 173 g/mol. The predicted molar refractivity (Wildman–Crippen MR) is 42.7 cm³/mol. The van der Waals surface area contributed by atoms with Crippen LogP contribution in [0.15, 0.2) is 12.0 Å². The lowest BCUT2D eigenvalue weighted by Crippen LogP contribution is -2.53. The minimum absolute atomic E-state index is 0.0664. The molecule has 68 valence electrons. The number of hydrogen-bond acceptors (Lipinski definition) is 2. The first-order valence-corrected chi connectivity index (χ1v) is 3.74. The van der Waals surface area contributed by atoms with Gasteiger partial charge in [-0.05, 0) is 13.8 Å². The topological polar surface area (TPSA) is 58.4 Å². The van der Waals surface area contributed by atoms with Crippen LogP contribution >= 0.6 is 0 Å². The quantitative estimate of drug-likeness (QED) is 0.607. The molecule has 0 aromatic carbocycles. The van der Waals surface area contributed by atoms with Gasteiger partial charge in [-0.15, -0.1) is 0 Å². The standard InChI is InChI=1S/C7H12FN3O/c1-4(2)11-3-5(8)6(9)10-7(11)12/h3-4,6H,9H2,1-2H3,(H,10,12). The smallest absolute Gasteiger partial charge is 0.316 e. The van der Waals surface area contributed by atoms with E-state index >= 15 is 0 Å². The van der Waals surface area contributed by atoms with Gasteiger partial charge >= 0.3 is 6.03 Å². The van der Waals surface area contributed by atoms with Gasteiger partial charge in [0.15, 0.2) is 5.83 Å². The summed E-state index contributed by atoms with van der Waals surface area (Å²) in [4.78, 5) is 12.4. The Kier molecular flexibility index (Phi) is 2.32. The minimum atomic E-state index is -0.993. The first-order chi connectivity index (χ1) is 5.52. The van der Waals surface area contributed by atoms with Gasteiger partial charge in [0.1, 0.15) is 6.17 Å². The second kappa shape index (κ2) is 3.10. The average molecular weight is 173 g/mol. The fourth-order valence-electron chi connectivity index (χ4n) is 0.932. The van der Waals surface area contributed by atoms with Crippen LogP contribution in [-0.2, 0) is 0 Å². The highest BCUT2D eigenvalue weighted by Crippen LogP contribution is 2.11. The molecule has 1 atom stereocenters. The molecule has 0 saturated carbocycles. The summed E-state index contributed by atoms with van der Waals surface area (Å²) in [6, 6.07) is -0.429. The van der Waals surface area contributed by atoms with Gasteiger partial charge in [0.2, 0.25) is 0 Å². The lowest BCUT2D eigenvalue weighted by Gasteiger charge is -2.29. The molecule has 0 saturated heterocycles. The molecule has 4 nitrogen and oxygen atoms in total. The van der Waals surface area contributed by atoms with E-state index in [2.05, 4.69) is 5.32 Å². The van der Waals surface area contributed by atoms with E-state index in [1.165, 1.54) is 4.90 Å². The molecule has 0 aromatic heterocycles. The highest BCUT2D eigenvalue weighted by Gasteiger charge is 2.25.